The Hall–Kier alpha value is -1.59. The fourth-order valence-corrected chi connectivity index (χ4v) is 3.88. The minimum Gasteiger partial charge on any atom is -0.345 e. The van der Waals surface area contributed by atoms with Crippen LogP contribution in [0.25, 0.3) is 11.3 Å². The van der Waals surface area contributed by atoms with Crippen molar-refractivity contribution in [2.75, 3.05) is 31.1 Å². The second-order valence-electron chi connectivity index (χ2n) is 6.11. The highest BCUT2D eigenvalue weighted by atomic mass is 35.5. The molecule has 4 rings (SSSR count). The zero-order valence-electron chi connectivity index (χ0n) is 12.7. The van der Waals surface area contributed by atoms with Gasteiger partial charge in [-0.25, -0.2) is 4.98 Å². The van der Waals surface area contributed by atoms with Gasteiger partial charge < -0.3 is 9.80 Å². The van der Waals surface area contributed by atoms with Gasteiger partial charge in [-0.3, -0.25) is 4.79 Å². The van der Waals surface area contributed by atoms with Gasteiger partial charge in [0.15, 0.2) is 5.13 Å². The van der Waals surface area contributed by atoms with E-state index in [-0.39, 0.29) is 0 Å². The Balaban J connectivity index is 1.41. The van der Waals surface area contributed by atoms with Gasteiger partial charge in [0.25, 0.3) is 0 Å². The first kappa shape index (κ1) is 15.0. The number of rotatable bonds is 3. The van der Waals surface area contributed by atoms with Crippen molar-refractivity contribution in [1.29, 1.82) is 0 Å². The first-order valence-corrected chi connectivity index (χ1v) is 9.22. The van der Waals surface area contributed by atoms with Crippen LogP contribution < -0.4 is 4.90 Å². The molecular formula is C17H18ClN3OS. The van der Waals surface area contributed by atoms with E-state index >= 15 is 0 Å². The van der Waals surface area contributed by atoms with Crippen LogP contribution in [0.2, 0.25) is 5.02 Å². The molecule has 2 aliphatic rings. The Morgan fingerprint density at radius 2 is 1.83 bits per heavy atom. The minimum atomic E-state index is 0.318. The summed E-state index contributed by atoms with van der Waals surface area (Å²) in [5.74, 6) is 0.670. The maximum absolute atomic E-state index is 12.1. The van der Waals surface area contributed by atoms with Crippen LogP contribution >= 0.6 is 22.9 Å². The largest absolute Gasteiger partial charge is 0.345 e. The smallest absolute Gasteiger partial charge is 0.225 e. The predicted octanol–water partition coefficient (Wildman–Crippen LogP) is 3.52. The minimum absolute atomic E-state index is 0.318. The van der Waals surface area contributed by atoms with E-state index in [1.807, 2.05) is 29.2 Å². The lowest BCUT2D eigenvalue weighted by molar-refractivity contribution is -0.132. The number of piperazine rings is 1. The molecule has 1 saturated heterocycles. The third-order valence-corrected chi connectivity index (χ3v) is 5.57. The monoisotopic (exact) mass is 347 g/mol. The number of carbonyl (C=O) groups is 1. The van der Waals surface area contributed by atoms with Crippen LogP contribution in [0.15, 0.2) is 29.6 Å². The van der Waals surface area contributed by atoms with Gasteiger partial charge >= 0.3 is 0 Å². The Morgan fingerprint density at radius 3 is 2.48 bits per heavy atom. The number of amides is 1. The van der Waals surface area contributed by atoms with Gasteiger partial charge in [0.2, 0.25) is 5.91 Å². The van der Waals surface area contributed by atoms with E-state index in [0.717, 1.165) is 60.4 Å². The molecule has 1 aliphatic heterocycles. The molecule has 120 valence electrons. The Bertz CT molecular complexity index is 703. The zero-order valence-corrected chi connectivity index (χ0v) is 14.3. The Kier molecular flexibility index (Phi) is 3.99. The van der Waals surface area contributed by atoms with E-state index in [1.54, 1.807) is 11.3 Å². The van der Waals surface area contributed by atoms with E-state index in [2.05, 4.69) is 10.3 Å². The second-order valence-corrected chi connectivity index (χ2v) is 7.38. The van der Waals surface area contributed by atoms with Crippen LogP contribution in [0.3, 0.4) is 0 Å². The number of hydrogen-bond acceptors (Lipinski definition) is 4. The van der Waals surface area contributed by atoms with Crippen molar-refractivity contribution in [2.24, 2.45) is 5.92 Å². The second kappa shape index (κ2) is 6.13. The third kappa shape index (κ3) is 3.21. The topological polar surface area (TPSA) is 36.4 Å². The molecule has 0 N–H and O–H groups in total. The van der Waals surface area contributed by atoms with Crippen LogP contribution in [0, 0.1) is 5.92 Å². The molecule has 1 amide bonds. The molecular weight excluding hydrogens is 330 g/mol. The van der Waals surface area contributed by atoms with Crippen LogP contribution in [0.4, 0.5) is 5.13 Å². The van der Waals surface area contributed by atoms with Crippen molar-refractivity contribution in [2.45, 2.75) is 12.8 Å². The molecule has 1 aromatic heterocycles. The maximum Gasteiger partial charge on any atom is 0.225 e. The zero-order chi connectivity index (χ0) is 15.8. The van der Waals surface area contributed by atoms with E-state index in [0.29, 0.717) is 11.8 Å². The van der Waals surface area contributed by atoms with E-state index in [4.69, 9.17) is 16.6 Å². The van der Waals surface area contributed by atoms with E-state index < -0.39 is 0 Å². The number of hydrogen-bond donors (Lipinski definition) is 0. The molecule has 1 aliphatic carbocycles. The number of aromatic nitrogens is 1. The quantitative estimate of drug-likeness (QED) is 0.852. The highest BCUT2D eigenvalue weighted by Crippen LogP contribution is 2.32. The highest BCUT2D eigenvalue weighted by molar-refractivity contribution is 7.14. The van der Waals surface area contributed by atoms with Gasteiger partial charge in [-0.15, -0.1) is 11.3 Å². The van der Waals surface area contributed by atoms with Crippen LogP contribution in [-0.4, -0.2) is 42.0 Å². The Morgan fingerprint density at radius 1 is 1.13 bits per heavy atom. The van der Waals surface area contributed by atoms with Crippen molar-refractivity contribution < 1.29 is 4.79 Å². The third-order valence-electron chi connectivity index (χ3n) is 4.42. The summed E-state index contributed by atoms with van der Waals surface area (Å²) in [5.41, 5.74) is 2.07. The average molecular weight is 348 g/mol. The van der Waals surface area contributed by atoms with Gasteiger partial charge in [0.05, 0.1) is 5.69 Å². The number of thiazole rings is 1. The molecule has 4 nitrogen and oxygen atoms in total. The number of carbonyl (C=O) groups excluding carboxylic acids is 1. The molecule has 2 heterocycles. The van der Waals surface area contributed by atoms with Gasteiger partial charge in [-0.2, -0.15) is 0 Å². The SMILES string of the molecule is O=C(C1CC1)N1CCN(c2nc(-c3ccc(Cl)cc3)cs2)CC1. The van der Waals surface area contributed by atoms with Gasteiger partial charge in [0, 0.05) is 48.1 Å². The van der Waals surface area contributed by atoms with Gasteiger partial charge in [0.1, 0.15) is 0 Å². The van der Waals surface area contributed by atoms with Crippen molar-refractivity contribution >= 4 is 34.0 Å². The standard InChI is InChI=1S/C17H18ClN3OS/c18-14-5-3-12(4-6-14)15-11-23-17(19-15)21-9-7-20(8-10-21)16(22)13-1-2-13/h3-6,11,13H,1-2,7-10H2. The lowest BCUT2D eigenvalue weighted by Crippen LogP contribution is -2.49. The van der Waals surface area contributed by atoms with E-state index in [9.17, 15) is 4.79 Å². The summed E-state index contributed by atoms with van der Waals surface area (Å²) in [7, 11) is 0. The van der Waals surface area contributed by atoms with Crippen molar-refractivity contribution in [1.82, 2.24) is 9.88 Å². The van der Waals surface area contributed by atoms with Crippen molar-refractivity contribution in [3.05, 3.63) is 34.7 Å². The van der Waals surface area contributed by atoms with Gasteiger partial charge in [-0.05, 0) is 25.0 Å². The Labute approximate surface area is 144 Å². The van der Waals surface area contributed by atoms with E-state index in [1.165, 1.54) is 0 Å². The normalized spacial score (nSPS) is 18.3. The lowest BCUT2D eigenvalue weighted by Gasteiger charge is -2.34. The average Bonchev–Trinajstić information content (AvgIpc) is 3.32. The van der Waals surface area contributed by atoms with Gasteiger partial charge in [-0.1, -0.05) is 23.7 Å². The fourth-order valence-electron chi connectivity index (χ4n) is 2.87. The molecule has 0 radical (unpaired) electrons. The molecule has 0 atom stereocenters. The highest BCUT2D eigenvalue weighted by Gasteiger charge is 2.34. The summed E-state index contributed by atoms with van der Waals surface area (Å²) in [4.78, 5) is 21.1. The maximum atomic E-state index is 12.1. The number of halogens is 1. The summed E-state index contributed by atoms with van der Waals surface area (Å²) < 4.78 is 0. The first-order valence-electron chi connectivity index (χ1n) is 7.96. The van der Waals surface area contributed by atoms with Crippen LogP contribution in [0.1, 0.15) is 12.8 Å². The molecule has 1 aromatic carbocycles. The molecule has 2 fully saturated rings. The molecule has 2 aromatic rings. The molecule has 0 spiro atoms. The summed E-state index contributed by atoms with van der Waals surface area (Å²) in [6, 6.07) is 7.76. The number of benzene rings is 1. The fraction of sp³-hybridized carbons (Fsp3) is 0.412. The first-order chi connectivity index (χ1) is 11.2. The number of nitrogens with zero attached hydrogens (tertiary/aromatic N) is 3. The van der Waals surface area contributed by atoms with Crippen LogP contribution in [-0.2, 0) is 4.79 Å². The molecule has 1 saturated carbocycles. The molecule has 0 bridgehead atoms. The van der Waals surface area contributed by atoms with Crippen molar-refractivity contribution in [3.8, 4) is 11.3 Å². The molecule has 0 unspecified atom stereocenters. The summed E-state index contributed by atoms with van der Waals surface area (Å²) >= 11 is 7.60. The molecule has 6 heteroatoms. The predicted molar refractivity (Wildman–Crippen MR) is 94.1 cm³/mol. The summed E-state index contributed by atoms with van der Waals surface area (Å²) in [5, 5.41) is 3.86. The summed E-state index contributed by atoms with van der Waals surface area (Å²) in [6.07, 6.45) is 2.16. The lowest BCUT2D eigenvalue weighted by atomic mass is 10.2. The van der Waals surface area contributed by atoms with Crippen LogP contribution in [0.5, 0.6) is 0 Å². The molecule has 23 heavy (non-hydrogen) atoms. The van der Waals surface area contributed by atoms with Crippen molar-refractivity contribution in [3.63, 3.8) is 0 Å². The summed E-state index contributed by atoms with van der Waals surface area (Å²) in [6.45, 7) is 3.36. The number of anilines is 1.